The first-order chi connectivity index (χ1) is 5.75. The van der Waals surface area contributed by atoms with Crippen LogP contribution in [0.15, 0.2) is 27.6 Å². The summed E-state index contributed by atoms with van der Waals surface area (Å²) in [6.45, 7) is 0. The van der Waals surface area contributed by atoms with E-state index in [-0.39, 0.29) is 6.03 Å². The van der Waals surface area contributed by atoms with Crippen molar-refractivity contribution < 1.29 is 4.79 Å². The molecule has 62 valence electrons. The molecule has 0 fully saturated rings. The first-order valence-corrected chi connectivity index (χ1v) is 4.90. The van der Waals surface area contributed by atoms with Gasteiger partial charge in [-0.1, -0.05) is 15.9 Å². The van der Waals surface area contributed by atoms with Crippen LogP contribution in [0.25, 0.3) is 0 Å². The largest absolute Gasteiger partial charge is 0.329 e. The zero-order valence-electron chi connectivity index (χ0n) is 5.93. The van der Waals surface area contributed by atoms with Crippen molar-refractivity contribution in [2.45, 2.75) is 4.90 Å². The quantitative estimate of drug-likeness (QED) is 0.690. The fraction of sp³-hybridized carbons (Fsp3) is 0. The zero-order chi connectivity index (χ0) is 8.55. The van der Waals surface area contributed by atoms with Crippen LogP contribution < -0.4 is 10.0 Å². The Morgan fingerprint density at radius 3 is 3.08 bits per heavy atom. The van der Waals surface area contributed by atoms with Crippen LogP contribution in [-0.2, 0) is 0 Å². The van der Waals surface area contributed by atoms with E-state index in [4.69, 9.17) is 0 Å². The number of halogens is 1. The van der Waals surface area contributed by atoms with Crippen LogP contribution in [0, 0.1) is 0 Å². The summed E-state index contributed by atoms with van der Waals surface area (Å²) in [5.41, 5.74) is 0.845. The van der Waals surface area contributed by atoms with Crippen molar-refractivity contribution in [1.29, 1.82) is 0 Å². The third-order valence-electron chi connectivity index (χ3n) is 1.44. The molecule has 1 aromatic carbocycles. The number of carbonyl (C=O) groups excluding carboxylic acids is 1. The van der Waals surface area contributed by atoms with Gasteiger partial charge in [0, 0.05) is 4.47 Å². The lowest BCUT2D eigenvalue weighted by atomic mass is 10.3. The van der Waals surface area contributed by atoms with E-state index < -0.39 is 0 Å². The molecular weight excluding hydrogens is 240 g/mol. The monoisotopic (exact) mass is 244 g/mol. The number of amides is 2. The number of rotatable bonds is 0. The Bertz CT molecular complexity index is 342. The van der Waals surface area contributed by atoms with Gasteiger partial charge in [-0.15, -0.1) is 0 Å². The molecule has 0 spiro atoms. The van der Waals surface area contributed by atoms with Crippen molar-refractivity contribution in [1.82, 2.24) is 4.72 Å². The molecule has 0 saturated carbocycles. The molecule has 0 aromatic heterocycles. The molecule has 0 bridgehead atoms. The number of carbonyl (C=O) groups is 1. The van der Waals surface area contributed by atoms with Crippen LogP contribution >= 0.6 is 27.9 Å². The van der Waals surface area contributed by atoms with Crippen LogP contribution in [0.3, 0.4) is 0 Å². The summed E-state index contributed by atoms with van der Waals surface area (Å²) in [5.74, 6) is 0. The Morgan fingerprint density at radius 2 is 2.25 bits per heavy atom. The predicted octanol–water partition coefficient (Wildman–Crippen LogP) is 2.59. The lowest BCUT2D eigenvalue weighted by molar-refractivity contribution is 0.257. The maximum atomic E-state index is 10.9. The highest BCUT2D eigenvalue weighted by Gasteiger charge is 2.13. The zero-order valence-corrected chi connectivity index (χ0v) is 8.33. The molecule has 0 aliphatic carbocycles. The molecular formula is C7H5BrN2OS. The highest BCUT2D eigenvalue weighted by atomic mass is 79.9. The van der Waals surface area contributed by atoms with Crippen molar-refractivity contribution >= 4 is 39.6 Å². The fourth-order valence-corrected chi connectivity index (χ4v) is 1.91. The van der Waals surface area contributed by atoms with Gasteiger partial charge >= 0.3 is 6.03 Å². The van der Waals surface area contributed by atoms with Gasteiger partial charge in [-0.2, -0.15) is 0 Å². The average Bonchev–Trinajstić information content (AvgIpc) is 2.03. The van der Waals surface area contributed by atoms with Crippen LogP contribution in [0.2, 0.25) is 0 Å². The number of fused-ring (bicyclic) bond motifs is 1. The average molecular weight is 245 g/mol. The van der Waals surface area contributed by atoms with Gasteiger partial charge in [-0.05, 0) is 30.1 Å². The molecule has 3 nitrogen and oxygen atoms in total. The first-order valence-electron chi connectivity index (χ1n) is 3.29. The van der Waals surface area contributed by atoms with E-state index in [1.165, 1.54) is 11.9 Å². The summed E-state index contributed by atoms with van der Waals surface area (Å²) in [6.07, 6.45) is 0. The van der Waals surface area contributed by atoms with Gasteiger partial charge in [0.1, 0.15) is 0 Å². The summed E-state index contributed by atoms with van der Waals surface area (Å²) in [4.78, 5) is 11.9. The third-order valence-corrected chi connectivity index (χ3v) is 2.80. The van der Waals surface area contributed by atoms with Crippen molar-refractivity contribution in [2.24, 2.45) is 0 Å². The van der Waals surface area contributed by atoms with Crippen molar-refractivity contribution in [3.05, 3.63) is 22.7 Å². The van der Waals surface area contributed by atoms with E-state index in [1.54, 1.807) is 0 Å². The van der Waals surface area contributed by atoms with E-state index in [9.17, 15) is 4.79 Å². The molecule has 0 unspecified atom stereocenters. The van der Waals surface area contributed by atoms with Crippen molar-refractivity contribution in [3.63, 3.8) is 0 Å². The molecule has 2 rings (SSSR count). The van der Waals surface area contributed by atoms with Crippen LogP contribution in [0.4, 0.5) is 10.5 Å². The van der Waals surface area contributed by atoms with Crippen LogP contribution in [0.1, 0.15) is 0 Å². The van der Waals surface area contributed by atoms with Crippen molar-refractivity contribution in [2.75, 3.05) is 5.32 Å². The van der Waals surface area contributed by atoms with Gasteiger partial charge in [0.25, 0.3) is 0 Å². The molecule has 1 aromatic rings. The summed E-state index contributed by atoms with van der Waals surface area (Å²) >= 11 is 4.65. The number of nitrogens with one attached hydrogen (secondary N) is 2. The number of anilines is 1. The molecule has 1 aliphatic heterocycles. The number of hydrogen-bond acceptors (Lipinski definition) is 2. The van der Waals surface area contributed by atoms with Gasteiger partial charge in [0.05, 0.1) is 10.6 Å². The second-order valence-corrected chi connectivity index (χ2v) is 4.06. The Balaban J connectivity index is 2.44. The van der Waals surface area contributed by atoms with Gasteiger partial charge in [0.2, 0.25) is 0 Å². The van der Waals surface area contributed by atoms with E-state index in [1.807, 2.05) is 18.2 Å². The molecule has 0 atom stereocenters. The molecule has 5 heteroatoms. The topological polar surface area (TPSA) is 41.1 Å². The SMILES string of the molecule is O=C1NSc2ccc(Br)cc2N1. The van der Waals surface area contributed by atoms with Crippen LogP contribution in [0.5, 0.6) is 0 Å². The number of urea groups is 1. The molecule has 2 N–H and O–H groups in total. The maximum Gasteiger partial charge on any atom is 0.329 e. The lowest BCUT2D eigenvalue weighted by Crippen LogP contribution is -2.26. The van der Waals surface area contributed by atoms with Gasteiger partial charge in [-0.25, -0.2) is 4.79 Å². The molecule has 1 heterocycles. The Labute approximate surface area is 82.2 Å². The van der Waals surface area contributed by atoms with Crippen molar-refractivity contribution in [3.8, 4) is 0 Å². The van der Waals surface area contributed by atoms with E-state index in [2.05, 4.69) is 26.0 Å². The molecule has 12 heavy (non-hydrogen) atoms. The Hall–Kier alpha value is -0.680. The van der Waals surface area contributed by atoms with Gasteiger partial charge in [0.15, 0.2) is 0 Å². The lowest BCUT2D eigenvalue weighted by Gasteiger charge is -2.16. The fourth-order valence-electron chi connectivity index (χ4n) is 0.938. The minimum Gasteiger partial charge on any atom is -0.306 e. The second-order valence-electron chi connectivity index (χ2n) is 2.30. The van der Waals surface area contributed by atoms with E-state index in [0.717, 1.165) is 15.1 Å². The molecule has 1 aliphatic rings. The molecule has 0 radical (unpaired) electrons. The maximum absolute atomic E-state index is 10.9. The first kappa shape index (κ1) is 7.94. The summed E-state index contributed by atoms with van der Waals surface area (Å²) < 4.78 is 3.57. The Kier molecular flexibility index (Phi) is 1.98. The third kappa shape index (κ3) is 1.42. The highest BCUT2D eigenvalue weighted by molar-refractivity contribution is 9.10. The molecule has 2 amide bonds. The summed E-state index contributed by atoms with van der Waals surface area (Å²) in [6, 6.07) is 5.58. The molecule has 0 saturated heterocycles. The minimum absolute atomic E-state index is 0.175. The second kappa shape index (κ2) is 2.99. The smallest absolute Gasteiger partial charge is 0.306 e. The standard InChI is InChI=1S/C7H5BrN2OS/c8-4-1-2-6-5(3-4)9-7(11)10-12-6/h1-3H,(H2,9,10,11). The highest BCUT2D eigenvalue weighted by Crippen LogP contribution is 2.30. The number of hydrogen-bond donors (Lipinski definition) is 2. The normalized spacial score (nSPS) is 14.6. The van der Waals surface area contributed by atoms with Gasteiger partial charge in [-0.3, -0.25) is 4.72 Å². The van der Waals surface area contributed by atoms with E-state index >= 15 is 0 Å². The number of benzene rings is 1. The van der Waals surface area contributed by atoms with Gasteiger partial charge < -0.3 is 5.32 Å². The summed E-state index contributed by atoms with van der Waals surface area (Å²) in [5, 5.41) is 2.70. The summed E-state index contributed by atoms with van der Waals surface area (Å²) in [7, 11) is 0. The van der Waals surface area contributed by atoms with Crippen LogP contribution in [-0.4, -0.2) is 6.03 Å². The minimum atomic E-state index is -0.175. The van der Waals surface area contributed by atoms with E-state index in [0.29, 0.717) is 0 Å². The predicted molar refractivity (Wildman–Crippen MR) is 52.2 cm³/mol. The Morgan fingerprint density at radius 1 is 1.42 bits per heavy atom.